The zero-order chi connectivity index (χ0) is 9.56. The molecular formula is C8H13ClO3. The van der Waals surface area contributed by atoms with Crippen molar-refractivity contribution in [2.75, 3.05) is 0 Å². The van der Waals surface area contributed by atoms with E-state index in [-0.39, 0.29) is 0 Å². The van der Waals surface area contributed by atoms with Crippen molar-refractivity contribution in [2.24, 2.45) is 0 Å². The highest BCUT2D eigenvalue weighted by Crippen LogP contribution is 2.06. The van der Waals surface area contributed by atoms with E-state index in [2.05, 4.69) is 0 Å². The van der Waals surface area contributed by atoms with Gasteiger partial charge in [-0.3, -0.25) is 9.59 Å². The van der Waals surface area contributed by atoms with E-state index in [9.17, 15) is 9.59 Å². The predicted molar refractivity (Wildman–Crippen MR) is 46.2 cm³/mol. The smallest absolute Gasteiger partial charge is 0.324 e. The fourth-order valence-electron chi connectivity index (χ4n) is 0.597. The number of halogens is 1. The summed E-state index contributed by atoms with van der Waals surface area (Å²) < 4.78 is 4.76. The summed E-state index contributed by atoms with van der Waals surface area (Å²) in [5.74, 6) is -0.516. The normalized spacial score (nSPS) is 14.9. The standard InChI is InChI=1S/C8H13ClO3/c1-3-6(5-10)12-8(11)7(9)4-2/h5-7H,3-4H2,1-2H3. The van der Waals surface area contributed by atoms with Crippen molar-refractivity contribution in [1.29, 1.82) is 0 Å². The van der Waals surface area contributed by atoms with Crippen LogP contribution in [0.3, 0.4) is 0 Å². The fourth-order valence-corrected chi connectivity index (χ4v) is 0.648. The van der Waals surface area contributed by atoms with Crippen LogP contribution in [0.1, 0.15) is 26.7 Å². The first kappa shape index (κ1) is 11.4. The second-order valence-corrected chi connectivity index (χ2v) is 2.92. The van der Waals surface area contributed by atoms with Gasteiger partial charge in [-0.1, -0.05) is 13.8 Å². The number of carbonyl (C=O) groups is 2. The Morgan fingerprint density at radius 2 is 2.08 bits per heavy atom. The molecule has 2 unspecified atom stereocenters. The molecule has 3 nitrogen and oxygen atoms in total. The van der Waals surface area contributed by atoms with Gasteiger partial charge < -0.3 is 4.74 Å². The van der Waals surface area contributed by atoms with Crippen molar-refractivity contribution in [1.82, 2.24) is 0 Å². The summed E-state index contributed by atoms with van der Waals surface area (Å²) in [5.41, 5.74) is 0. The summed E-state index contributed by atoms with van der Waals surface area (Å²) in [6, 6.07) is 0. The van der Waals surface area contributed by atoms with E-state index in [4.69, 9.17) is 16.3 Å². The van der Waals surface area contributed by atoms with Crippen LogP contribution in [0.4, 0.5) is 0 Å². The zero-order valence-electron chi connectivity index (χ0n) is 7.25. The van der Waals surface area contributed by atoms with Crippen LogP contribution >= 0.6 is 11.6 Å². The number of carbonyl (C=O) groups excluding carboxylic acids is 2. The summed E-state index contributed by atoms with van der Waals surface area (Å²) in [7, 11) is 0. The summed E-state index contributed by atoms with van der Waals surface area (Å²) in [5, 5.41) is -0.640. The molecule has 0 spiro atoms. The van der Waals surface area contributed by atoms with Crippen molar-refractivity contribution in [2.45, 2.75) is 38.2 Å². The fraction of sp³-hybridized carbons (Fsp3) is 0.750. The molecule has 0 fully saturated rings. The van der Waals surface area contributed by atoms with Crippen LogP contribution in [0.2, 0.25) is 0 Å². The highest BCUT2D eigenvalue weighted by atomic mass is 35.5. The molecule has 12 heavy (non-hydrogen) atoms. The molecule has 0 saturated carbocycles. The number of esters is 1. The molecule has 0 aromatic heterocycles. The van der Waals surface area contributed by atoms with Crippen LogP contribution in [0, 0.1) is 0 Å². The molecule has 0 N–H and O–H groups in total. The van der Waals surface area contributed by atoms with Gasteiger partial charge in [0, 0.05) is 0 Å². The Hall–Kier alpha value is -0.570. The highest BCUT2D eigenvalue weighted by Gasteiger charge is 2.18. The van der Waals surface area contributed by atoms with Crippen LogP contribution < -0.4 is 0 Å². The Labute approximate surface area is 77.0 Å². The Kier molecular flexibility index (Phi) is 5.72. The van der Waals surface area contributed by atoms with Crippen molar-refractivity contribution in [3.63, 3.8) is 0 Å². The van der Waals surface area contributed by atoms with Crippen LogP contribution in [-0.2, 0) is 14.3 Å². The molecule has 0 bridgehead atoms. The van der Waals surface area contributed by atoms with E-state index in [0.29, 0.717) is 19.1 Å². The van der Waals surface area contributed by atoms with Gasteiger partial charge in [0.2, 0.25) is 0 Å². The number of alkyl halides is 1. The first-order chi connectivity index (χ1) is 5.65. The monoisotopic (exact) mass is 192 g/mol. The number of hydrogen-bond acceptors (Lipinski definition) is 3. The minimum absolute atomic E-state index is 0.489. The van der Waals surface area contributed by atoms with Crippen LogP contribution in [0.15, 0.2) is 0 Å². The molecule has 0 rings (SSSR count). The topological polar surface area (TPSA) is 43.4 Å². The van der Waals surface area contributed by atoms with Gasteiger partial charge in [0.15, 0.2) is 12.4 Å². The number of hydrogen-bond donors (Lipinski definition) is 0. The lowest BCUT2D eigenvalue weighted by Crippen LogP contribution is -2.24. The highest BCUT2D eigenvalue weighted by molar-refractivity contribution is 6.29. The maximum absolute atomic E-state index is 11.0. The maximum atomic E-state index is 11.0. The van der Waals surface area contributed by atoms with Crippen molar-refractivity contribution in [3.05, 3.63) is 0 Å². The van der Waals surface area contributed by atoms with Gasteiger partial charge >= 0.3 is 5.97 Å². The molecule has 70 valence electrons. The molecule has 0 aliphatic heterocycles. The summed E-state index contributed by atoms with van der Waals surface area (Å²) in [4.78, 5) is 21.3. The number of aldehydes is 1. The first-order valence-electron chi connectivity index (χ1n) is 3.95. The average Bonchev–Trinajstić information content (AvgIpc) is 2.12. The molecule has 4 heteroatoms. The molecule has 0 amide bonds. The minimum atomic E-state index is -0.648. The van der Waals surface area contributed by atoms with Crippen LogP contribution in [0.25, 0.3) is 0 Å². The van der Waals surface area contributed by atoms with Gasteiger partial charge in [-0.25, -0.2) is 0 Å². The third kappa shape index (κ3) is 3.72. The summed E-state index contributed by atoms with van der Waals surface area (Å²) in [6.45, 7) is 3.54. The largest absolute Gasteiger partial charge is 0.454 e. The third-order valence-electron chi connectivity index (χ3n) is 1.44. The third-order valence-corrected chi connectivity index (χ3v) is 1.92. The molecular weight excluding hydrogens is 180 g/mol. The second-order valence-electron chi connectivity index (χ2n) is 2.40. The van der Waals surface area contributed by atoms with E-state index in [1.54, 1.807) is 13.8 Å². The van der Waals surface area contributed by atoms with E-state index < -0.39 is 17.5 Å². The van der Waals surface area contributed by atoms with Gasteiger partial charge in [0.05, 0.1) is 0 Å². The Morgan fingerprint density at radius 3 is 2.42 bits per heavy atom. The van der Waals surface area contributed by atoms with Gasteiger partial charge in [-0.2, -0.15) is 0 Å². The van der Waals surface area contributed by atoms with Crippen LogP contribution in [0.5, 0.6) is 0 Å². The molecule has 0 aromatic rings. The lowest BCUT2D eigenvalue weighted by molar-refractivity contribution is -0.151. The van der Waals surface area contributed by atoms with E-state index in [0.717, 1.165) is 0 Å². The van der Waals surface area contributed by atoms with Gasteiger partial charge in [0.1, 0.15) is 5.38 Å². The molecule has 0 heterocycles. The van der Waals surface area contributed by atoms with Crippen LogP contribution in [-0.4, -0.2) is 23.7 Å². The van der Waals surface area contributed by atoms with Crippen molar-refractivity contribution in [3.8, 4) is 0 Å². The van der Waals surface area contributed by atoms with Gasteiger partial charge in [-0.05, 0) is 12.8 Å². The molecule has 0 saturated heterocycles. The van der Waals surface area contributed by atoms with Crippen molar-refractivity contribution < 1.29 is 14.3 Å². The van der Waals surface area contributed by atoms with E-state index in [1.807, 2.05) is 0 Å². The van der Waals surface area contributed by atoms with Crippen molar-refractivity contribution >= 4 is 23.9 Å². The molecule has 0 aliphatic carbocycles. The molecule has 0 aliphatic rings. The summed E-state index contributed by atoms with van der Waals surface area (Å²) in [6.07, 6.45) is 0.959. The average molecular weight is 193 g/mol. The van der Waals surface area contributed by atoms with Gasteiger partial charge in [0.25, 0.3) is 0 Å². The lowest BCUT2D eigenvalue weighted by Gasteiger charge is -2.11. The van der Waals surface area contributed by atoms with E-state index >= 15 is 0 Å². The number of rotatable bonds is 5. The molecule has 0 aromatic carbocycles. The van der Waals surface area contributed by atoms with E-state index in [1.165, 1.54) is 0 Å². The quantitative estimate of drug-likeness (QED) is 0.377. The summed E-state index contributed by atoms with van der Waals surface area (Å²) >= 11 is 5.58. The lowest BCUT2D eigenvalue weighted by atomic mass is 10.3. The second kappa shape index (κ2) is 6.00. The predicted octanol–water partition coefficient (Wildman–Crippen LogP) is 1.52. The number of ether oxygens (including phenoxy) is 1. The zero-order valence-corrected chi connectivity index (χ0v) is 8.00. The Morgan fingerprint density at radius 1 is 1.50 bits per heavy atom. The molecule has 0 radical (unpaired) electrons. The van der Waals surface area contributed by atoms with Gasteiger partial charge in [-0.15, -0.1) is 11.6 Å². The first-order valence-corrected chi connectivity index (χ1v) is 4.39. The Balaban J connectivity index is 3.89. The molecule has 2 atom stereocenters. The Bertz CT molecular complexity index is 158. The minimum Gasteiger partial charge on any atom is -0.454 e. The maximum Gasteiger partial charge on any atom is 0.324 e. The SMILES string of the molecule is CCC(C=O)OC(=O)C(Cl)CC.